The van der Waals surface area contributed by atoms with Crippen LogP contribution >= 0.6 is 22.9 Å². The predicted molar refractivity (Wildman–Crippen MR) is 108 cm³/mol. The molecule has 2 amide bonds. The molecule has 3 rings (SSSR count). The van der Waals surface area contributed by atoms with E-state index in [4.69, 9.17) is 20.8 Å². The number of Topliss-reactive ketones (excluding diaryl/α,β-unsaturated/α-hetero) is 1. The van der Waals surface area contributed by atoms with Crippen molar-refractivity contribution in [1.82, 2.24) is 10.9 Å². The van der Waals surface area contributed by atoms with Gasteiger partial charge in [0.15, 0.2) is 11.5 Å². The van der Waals surface area contributed by atoms with Crippen LogP contribution in [0.1, 0.15) is 38.8 Å². The third-order valence-corrected chi connectivity index (χ3v) is 5.02. The summed E-state index contributed by atoms with van der Waals surface area (Å²) < 4.78 is 11.5. The number of hydrogen-bond donors (Lipinski definition) is 2. The number of ether oxygens (including phenoxy) is 1. The van der Waals surface area contributed by atoms with Gasteiger partial charge in [0.25, 0.3) is 0 Å². The quantitative estimate of drug-likeness (QED) is 0.414. The molecule has 0 aliphatic heterocycles. The second-order valence-corrected chi connectivity index (χ2v) is 7.61. The number of furan rings is 1. The molecule has 0 saturated carbocycles. The van der Waals surface area contributed by atoms with Gasteiger partial charge in [0.2, 0.25) is 5.91 Å². The molecule has 0 saturated heterocycles. The van der Waals surface area contributed by atoms with E-state index in [1.807, 2.05) is 30.3 Å². The minimum Gasteiger partial charge on any atom is -0.486 e. The van der Waals surface area contributed by atoms with Crippen LogP contribution in [0.15, 0.2) is 59.0 Å². The molecule has 2 heterocycles. The summed E-state index contributed by atoms with van der Waals surface area (Å²) in [7, 11) is 0. The van der Waals surface area contributed by atoms with E-state index in [1.54, 1.807) is 18.2 Å². The van der Waals surface area contributed by atoms with Crippen molar-refractivity contribution >= 4 is 40.5 Å². The number of rotatable bonds is 8. The topological polar surface area (TPSA) is 97.6 Å². The number of carbonyl (C=O) groups excluding carboxylic acids is 3. The van der Waals surface area contributed by atoms with Crippen LogP contribution in [-0.2, 0) is 11.4 Å². The Morgan fingerprint density at radius 2 is 1.76 bits per heavy atom. The lowest BCUT2D eigenvalue weighted by molar-refractivity contribution is -0.121. The van der Waals surface area contributed by atoms with Crippen LogP contribution in [0.4, 0.5) is 0 Å². The minimum atomic E-state index is -0.610. The summed E-state index contributed by atoms with van der Waals surface area (Å²) in [5, 5.41) is 0. The van der Waals surface area contributed by atoms with Crippen LogP contribution < -0.4 is 15.6 Å². The molecule has 7 nitrogen and oxygen atoms in total. The van der Waals surface area contributed by atoms with Crippen LogP contribution in [0, 0.1) is 0 Å². The average molecular weight is 433 g/mol. The Bertz CT molecular complexity index is 999. The number of ketones is 1. The molecule has 0 spiro atoms. The minimum absolute atomic E-state index is 0.0142. The van der Waals surface area contributed by atoms with E-state index < -0.39 is 11.8 Å². The molecular formula is C20H17ClN2O5S. The van der Waals surface area contributed by atoms with E-state index in [9.17, 15) is 14.4 Å². The first-order valence-electron chi connectivity index (χ1n) is 8.65. The van der Waals surface area contributed by atoms with Crippen LogP contribution in [0.3, 0.4) is 0 Å². The summed E-state index contributed by atoms with van der Waals surface area (Å²) in [5.74, 6) is -0.111. The van der Waals surface area contributed by atoms with Crippen LogP contribution in [0.5, 0.6) is 5.75 Å². The molecule has 0 aliphatic rings. The van der Waals surface area contributed by atoms with E-state index >= 15 is 0 Å². The number of thiophene rings is 1. The van der Waals surface area contributed by atoms with E-state index in [0.29, 0.717) is 20.7 Å². The molecule has 0 atom stereocenters. The Balaban J connectivity index is 1.40. The summed E-state index contributed by atoms with van der Waals surface area (Å²) in [4.78, 5) is 36.3. The number of hydrazine groups is 1. The van der Waals surface area contributed by atoms with Crippen molar-refractivity contribution in [3.63, 3.8) is 0 Å². The summed E-state index contributed by atoms with van der Waals surface area (Å²) >= 11 is 6.95. The van der Waals surface area contributed by atoms with Gasteiger partial charge < -0.3 is 9.15 Å². The Kier molecular flexibility index (Phi) is 7.04. The van der Waals surface area contributed by atoms with Crippen LogP contribution in [-0.4, -0.2) is 17.6 Å². The molecule has 29 heavy (non-hydrogen) atoms. The lowest BCUT2D eigenvalue weighted by atomic mass is 10.2. The number of nitrogens with one attached hydrogen (secondary N) is 2. The monoisotopic (exact) mass is 432 g/mol. The highest BCUT2D eigenvalue weighted by Crippen LogP contribution is 2.22. The average Bonchev–Trinajstić information content (AvgIpc) is 3.38. The lowest BCUT2D eigenvalue weighted by Gasteiger charge is -2.06. The molecule has 3 aromatic rings. The highest BCUT2D eigenvalue weighted by Gasteiger charge is 2.14. The molecule has 0 fully saturated rings. The molecule has 9 heteroatoms. The maximum atomic E-state index is 12.1. The van der Waals surface area contributed by atoms with Crippen molar-refractivity contribution in [2.45, 2.75) is 19.4 Å². The molecule has 0 unspecified atom stereocenters. The molecule has 0 aliphatic carbocycles. The van der Waals surface area contributed by atoms with Gasteiger partial charge in [-0.2, -0.15) is 0 Å². The normalized spacial score (nSPS) is 10.4. The van der Waals surface area contributed by atoms with Crippen molar-refractivity contribution in [3.8, 4) is 5.75 Å². The van der Waals surface area contributed by atoms with Crippen molar-refractivity contribution < 1.29 is 23.5 Å². The Labute approximate surface area is 175 Å². The van der Waals surface area contributed by atoms with Gasteiger partial charge >= 0.3 is 5.91 Å². The molecular weight excluding hydrogens is 416 g/mol. The second-order valence-electron chi connectivity index (χ2n) is 5.90. The third-order valence-electron chi connectivity index (χ3n) is 3.75. The van der Waals surface area contributed by atoms with Gasteiger partial charge in [-0.1, -0.05) is 29.8 Å². The first kappa shape index (κ1) is 20.6. The standard InChI is InChI=1S/C20H17ClN2O5S/c21-18-10-9-17(29-18)15(24)7-11-19(25)22-23-20(26)16-8-6-14(28-16)12-27-13-4-2-1-3-5-13/h1-6,8-10H,7,11-12H2,(H,22,25)(H,23,26). The van der Waals surface area contributed by atoms with Gasteiger partial charge in [-0.15, -0.1) is 11.3 Å². The highest BCUT2D eigenvalue weighted by atomic mass is 35.5. The molecule has 2 aromatic heterocycles. The third kappa shape index (κ3) is 6.20. The fraction of sp³-hybridized carbons (Fsp3) is 0.150. The largest absolute Gasteiger partial charge is 0.486 e. The molecule has 0 bridgehead atoms. The maximum Gasteiger partial charge on any atom is 0.305 e. The van der Waals surface area contributed by atoms with Gasteiger partial charge in [-0.05, 0) is 36.4 Å². The molecule has 0 radical (unpaired) electrons. The summed E-state index contributed by atoms with van der Waals surface area (Å²) in [6, 6.07) is 15.5. The van der Waals surface area contributed by atoms with Crippen LogP contribution in [0.25, 0.3) is 0 Å². The van der Waals surface area contributed by atoms with Crippen molar-refractivity contribution in [2.24, 2.45) is 0 Å². The van der Waals surface area contributed by atoms with E-state index in [-0.39, 0.29) is 31.0 Å². The fourth-order valence-electron chi connectivity index (χ4n) is 2.31. The van der Waals surface area contributed by atoms with Crippen LogP contribution in [0.2, 0.25) is 4.34 Å². The number of hydrogen-bond acceptors (Lipinski definition) is 6. The van der Waals surface area contributed by atoms with E-state index in [1.165, 1.54) is 6.07 Å². The van der Waals surface area contributed by atoms with Crippen molar-refractivity contribution in [3.05, 3.63) is 75.3 Å². The van der Waals surface area contributed by atoms with Crippen molar-refractivity contribution in [1.29, 1.82) is 0 Å². The van der Waals surface area contributed by atoms with E-state index in [2.05, 4.69) is 10.9 Å². The SMILES string of the molecule is O=C(CCC(=O)c1ccc(Cl)s1)NNC(=O)c1ccc(COc2ccccc2)o1. The number of para-hydroxylation sites is 1. The van der Waals surface area contributed by atoms with Gasteiger partial charge in [0.05, 0.1) is 9.21 Å². The molecule has 150 valence electrons. The van der Waals surface area contributed by atoms with Crippen molar-refractivity contribution in [2.75, 3.05) is 0 Å². The molecule has 2 N–H and O–H groups in total. The first-order valence-corrected chi connectivity index (χ1v) is 9.85. The number of halogens is 1. The zero-order valence-corrected chi connectivity index (χ0v) is 16.7. The Morgan fingerprint density at radius 1 is 0.966 bits per heavy atom. The van der Waals surface area contributed by atoms with Gasteiger partial charge in [0, 0.05) is 12.8 Å². The number of benzene rings is 1. The predicted octanol–water partition coefficient (Wildman–Crippen LogP) is 4.00. The Morgan fingerprint density at radius 3 is 2.48 bits per heavy atom. The Hall–Kier alpha value is -3.10. The summed E-state index contributed by atoms with van der Waals surface area (Å²) in [6.45, 7) is 0.165. The van der Waals surface area contributed by atoms with Gasteiger partial charge in [-0.3, -0.25) is 25.2 Å². The first-order chi connectivity index (χ1) is 14.0. The fourth-order valence-corrected chi connectivity index (χ4v) is 3.32. The van der Waals surface area contributed by atoms with Gasteiger partial charge in [-0.25, -0.2) is 0 Å². The number of carbonyl (C=O) groups is 3. The maximum absolute atomic E-state index is 12.1. The lowest BCUT2D eigenvalue weighted by Crippen LogP contribution is -2.41. The highest BCUT2D eigenvalue weighted by molar-refractivity contribution is 7.18. The van der Waals surface area contributed by atoms with Gasteiger partial charge in [0.1, 0.15) is 18.1 Å². The molecule has 1 aromatic carbocycles. The second kappa shape index (κ2) is 9.90. The smallest absolute Gasteiger partial charge is 0.305 e. The summed E-state index contributed by atoms with van der Waals surface area (Å²) in [6.07, 6.45) is -0.0524. The zero-order chi connectivity index (χ0) is 20.6. The number of amides is 2. The zero-order valence-electron chi connectivity index (χ0n) is 15.1. The summed E-state index contributed by atoms with van der Waals surface area (Å²) in [5.41, 5.74) is 4.51. The van der Waals surface area contributed by atoms with E-state index in [0.717, 1.165) is 11.3 Å².